The van der Waals surface area contributed by atoms with E-state index in [0.29, 0.717) is 5.92 Å². The lowest BCUT2D eigenvalue weighted by molar-refractivity contribution is -0.0407. The Morgan fingerprint density at radius 3 is 2.94 bits per heavy atom. The Morgan fingerprint density at radius 1 is 1.33 bits per heavy atom. The molecular formula is C16H23NO. The normalized spacial score (nSPS) is 35.1. The summed E-state index contributed by atoms with van der Waals surface area (Å²) in [6, 6.07) is 6.54. The van der Waals surface area contributed by atoms with Crippen LogP contribution in [0.2, 0.25) is 0 Å². The molecule has 2 N–H and O–H groups in total. The minimum atomic E-state index is -0.0000746. The number of fused-ring (bicyclic) bond motifs is 1. The summed E-state index contributed by atoms with van der Waals surface area (Å²) in [7, 11) is 0. The zero-order valence-corrected chi connectivity index (χ0v) is 11.4. The van der Waals surface area contributed by atoms with Gasteiger partial charge < -0.3 is 10.5 Å². The van der Waals surface area contributed by atoms with Gasteiger partial charge in [-0.25, -0.2) is 0 Å². The van der Waals surface area contributed by atoms with Gasteiger partial charge in [0.1, 0.15) is 11.4 Å². The van der Waals surface area contributed by atoms with Crippen molar-refractivity contribution in [1.82, 2.24) is 0 Å². The molecule has 1 aromatic rings. The summed E-state index contributed by atoms with van der Waals surface area (Å²) in [5, 5.41) is 0. The second-order valence-electron chi connectivity index (χ2n) is 6.17. The fourth-order valence-corrected chi connectivity index (χ4v) is 3.63. The van der Waals surface area contributed by atoms with Gasteiger partial charge in [-0.15, -0.1) is 0 Å². The molecule has 0 amide bonds. The molecule has 1 spiro atoms. The Hall–Kier alpha value is -1.02. The SMILES string of the molecule is Cc1ccc2c(c1)[C@H](N)CC1(CCCCC1C)O2. The van der Waals surface area contributed by atoms with Crippen LogP contribution in [0.4, 0.5) is 0 Å². The molecule has 1 aliphatic carbocycles. The van der Waals surface area contributed by atoms with Gasteiger partial charge in [-0.1, -0.05) is 31.0 Å². The van der Waals surface area contributed by atoms with Crippen LogP contribution in [0.3, 0.4) is 0 Å². The summed E-state index contributed by atoms with van der Waals surface area (Å²) < 4.78 is 6.42. The Morgan fingerprint density at radius 2 is 2.17 bits per heavy atom. The zero-order chi connectivity index (χ0) is 12.8. The average molecular weight is 245 g/mol. The average Bonchev–Trinajstić information content (AvgIpc) is 2.34. The van der Waals surface area contributed by atoms with Crippen LogP contribution in [0.5, 0.6) is 5.75 Å². The first-order valence-corrected chi connectivity index (χ1v) is 7.16. The highest BCUT2D eigenvalue weighted by Gasteiger charge is 2.45. The first-order valence-electron chi connectivity index (χ1n) is 7.16. The third kappa shape index (κ3) is 1.83. The van der Waals surface area contributed by atoms with E-state index in [-0.39, 0.29) is 11.6 Å². The van der Waals surface area contributed by atoms with E-state index < -0.39 is 0 Å². The maximum atomic E-state index is 6.42. The van der Waals surface area contributed by atoms with Crippen LogP contribution in [0, 0.1) is 12.8 Å². The van der Waals surface area contributed by atoms with Crippen molar-refractivity contribution in [3.8, 4) is 5.75 Å². The van der Waals surface area contributed by atoms with Crippen LogP contribution in [0.25, 0.3) is 0 Å². The van der Waals surface area contributed by atoms with Gasteiger partial charge in [-0.3, -0.25) is 0 Å². The number of ether oxygens (including phenoxy) is 1. The van der Waals surface area contributed by atoms with E-state index in [4.69, 9.17) is 10.5 Å². The topological polar surface area (TPSA) is 35.2 Å². The number of hydrogen-bond acceptors (Lipinski definition) is 2. The lowest BCUT2D eigenvalue weighted by Crippen LogP contribution is -2.49. The fraction of sp³-hybridized carbons (Fsp3) is 0.625. The predicted molar refractivity (Wildman–Crippen MR) is 73.7 cm³/mol. The third-order valence-corrected chi connectivity index (χ3v) is 4.83. The molecule has 3 rings (SSSR count). The van der Waals surface area contributed by atoms with E-state index in [0.717, 1.165) is 18.6 Å². The molecule has 2 aliphatic rings. The molecule has 2 unspecified atom stereocenters. The van der Waals surface area contributed by atoms with Crippen LogP contribution < -0.4 is 10.5 Å². The van der Waals surface area contributed by atoms with Crippen molar-refractivity contribution in [3.05, 3.63) is 29.3 Å². The van der Waals surface area contributed by atoms with E-state index in [2.05, 4.69) is 32.0 Å². The van der Waals surface area contributed by atoms with E-state index in [1.54, 1.807) is 0 Å². The lowest BCUT2D eigenvalue weighted by Gasteiger charge is -2.47. The highest BCUT2D eigenvalue weighted by atomic mass is 16.5. The van der Waals surface area contributed by atoms with Crippen LogP contribution in [0.1, 0.15) is 56.2 Å². The summed E-state index contributed by atoms with van der Waals surface area (Å²) in [6.07, 6.45) is 6.02. The van der Waals surface area contributed by atoms with E-state index in [1.165, 1.54) is 30.4 Å². The smallest absolute Gasteiger partial charge is 0.124 e. The Labute approximate surface area is 110 Å². The molecule has 18 heavy (non-hydrogen) atoms. The summed E-state index contributed by atoms with van der Waals surface area (Å²) in [6.45, 7) is 4.44. The van der Waals surface area contributed by atoms with E-state index >= 15 is 0 Å². The molecular weight excluding hydrogens is 222 g/mol. The van der Waals surface area contributed by atoms with Crippen molar-refractivity contribution in [3.63, 3.8) is 0 Å². The highest BCUT2D eigenvalue weighted by molar-refractivity contribution is 5.41. The molecule has 1 aliphatic heterocycles. The quantitative estimate of drug-likeness (QED) is 0.756. The molecule has 98 valence electrons. The molecule has 0 radical (unpaired) electrons. The van der Waals surface area contributed by atoms with Gasteiger partial charge in [0.05, 0.1) is 0 Å². The molecule has 1 heterocycles. The molecule has 0 aromatic heterocycles. The molecule has 1 saturated carbocycles. The monoisotopic (exact) mass is 245 g/mol. The number of hydrogen-bond donors (Lipinski definition) is 1. The first kappa shape index (κ1) is 12.0. The van der Waals surface area contributed by atoms with Crippen molar-refractivity contribution in [1.29, 1.82) is 0 Å². The summed E-state index contributed by atoms with van der Waals surface area (Å²) in [5.74, 6) is 1.64. The van der Waals surface area contributed by atoms with Gasteiger partial charge in [0.15, 0.2) is 0 Å². The Kier molecular flexibility index (Phi) is 2.86. The van der Waals surface area contributed by atoms with Gasteiger partial charge in [0.2, 0.25) is 0 Å². The number of aryl methyl sites for hydroxylation is 1. The van der Waals surface area contributed by atoms with Crippen LogP contribution >= 0.6 is 0 Å². The van der Waals surface area contributed by atoms with Crippen molar-refractivity contribution in [2.24, 2.45) is 11.7 Å². The Bertz CT molecular complexity index is 456. The van der Waals surface area contributed by atoms with Crippen LogP contribution in [-0.4, -0.2) is 5.60 Å². The highest BCUT2D eigenvalue weighted by Crippen LogP contribution is 2.47. The van der Waals surface area contributed by atoms with Crippen molar-refractivity contribution >= 4 is 0 Å². The Balaban J connectivity index is 1.98. The zero-order valence-electron chi connectivity index (χ0n) is 11.4. The van der Waals surface area contributed by atoms with Crippen molar-refractivity contribution in [2.75, 3.05) is 0 Å². The minimum absolute atomic E-state index is 0.0000746. The van der Waals surface area contributed by atoms with Gasteiger partial charge in [0.25, 0.3) is 0 Å². The molecule has 1 aromatic carbocycles. The van der Waals surface area contributed by atoms with Gasteiger partial charge >= 0.3 is 0 Å². The number of nitrogens with two attached hydrogens (primary N) is 1. The maximum absolute atomic E-state index is 6.42. The lowest BCUT2D eigenvalue weighted by atomic mass is 9.71. The largest absolute Gasteiger partial charge is 0.487 e. The molecule has 1 fully saturated rings. The van der Waals surface area contributed by atoms with Gasteiger partial charge in [-0.2, -0.15) is 0 Å². The molecule has 0 bridgehead atoms. The summed E-state index contributed by atoms with van der Waals surface area (Å²) >= 11 is 0. The van der Waals surface area contributed by atoms with Gasteiger partial charge in [0, 0.05) is 18.0 Å². The standard InChI is InChI=1S/C16H23NO/c1-11-6-7-15-13(9-11)14(17)10-16(18-15)8-4-3-5-12(16)2/h6-7,9,12,14H,3-5,8,10,17H2,1-2H3/t12?,14-,16?/m1/s1. The fourth-order valence-electron chi connectivity index (χ4n) is 3.63. The minimum Gasteiger partial charge on any atom is -0.487 e. The second kappa shape index (κ2) is 4.27. The van der Waals surface area contributed by atoms with E-state index in [1.807, 2.05) is 0 Å². The summed E-state index contributed by atoms with van der Waals surface area (Å²) in [4.78, 5) is 0. The van der Waals surface area contributed by atoms with Crippen molar-refractivity contribution in [2.45, 2.75) is 57.6 Å². The van der Waals surface area contributed by atoms with Crippen molar-refractivity contribution < 1.29 is 4.74 Å². The first-order chi connectivity index (χ1) is 8.61. The third-order valence-electron chi connectivity index (χ3n) is 4.83. The van der Waals surface area contributed by atoms with Crippen LogP contribution in [0.15, 0.2) is 18.2 Å². The number of rotatable bonds is 0. The van der Waals surface area contributed by atoms with Gasteiger partial charge in [-0.05, 0) is 38.2 Å². The second-order valence-corrected chi connectivity index (χ2v) is 6.17. The van der Waals surface area contributed by atoms with E-state index in [9.17, 15) is 0 Å². The molecule has 2 heteroatoms. The molecule has 0 saturated heterocycles. The predicted octanol–water partition coefficient (Wildman–Crippen LogP) is 3.73. The van der Waals surface area contributed by atoms with Crippen LogP contribution in [-0.2, 0) is 0 Å². The molecule has 3 atom stereocenters. The summed E-state index contributed by atoms with van der Waals surface area (Å²) in [5.41, 5.74) is 8.86. The molecule has 2 nitrogen and oxygen atoms in total. The maximum Gasteiger partial charge on any atom is 0.124 e. The number of benzene rings is 1.